The van der Waals surface area contributed by atoms with Crippen molar-refractivity contribution in [1.82, 2.24) is 0 Å². The van der Waals surface area contributed by atoms with Gasteiger partial charge in [-0.25, -0.2) is 0 Å². The third-order valence-corrected chi connectivity index (χ3v) is 4.48. The number of ketones is 1. The number of Topliss-reactive ketones (excluding diaryl/α,β-unsaturated/α-hetero) is 1. The van der Waals surface area contributed by atoms with Crippen molar-refractivity contribution in [2.45, 2.75) is 95.2 Å². The molecule has 0 aromatic carbocycles. The first-order valence-corrected chi connectivity index (χ1v) is 8.83. The van der Waals surface area contributed by atoms with Crippen LogP contribution in [-0.2, 0) is 9.53 Å². The van der Waals surface area contributed by atoms with Crippen LogP contribution in [0.5, 0.6) is 0 Å². The van der Waals surface area contributed by atoms with Crippen molar-refractivity contribution in [1.29, 1.82) is 0 Å². The van der Waals surface area contributed by atoms with E-state index in [0.717, 1.165) is 19.3 Å². The molecule has 0 radical (unpaired) electrons. The number of aliphatic hydroxyl groups is 4. The monoisotopic (exact) mass is 332 g/mol. The van der Waals surface area contributed by atoms with Crippen LogP contribution in [0.4, 0.5) is 0 Å². The Morgan fingerprint density at radius 3 is 2.04 bits per heavy atom. The fourth-order valence-corrected chi connectivity index (χ4v) is 2.95. The van der Waals surface area contributed by atoms with E-state index >= 15 is 0 Å². The summed E-state index contributed by atoms with van der Waals surface area (Å²) in [7, 11) is 0. The van der Waals surface area contributed by atoms with E-state index in [-0.39, 0.29) is 12.2 Å². The average Bonchev–Trinajstić information content (AvgIpc) is 2.54. The molecule has 0 unspecified atom stereocenters. The summed E-state index contributed by atoms with van der Waals surface area (Å²) in [5, 5.41) is 38.4. The first kappa shape index (κ1) is 20.5. The highest BCUT2D eigenvalue weighted by Gasteiger charge is 2.43. The van der Waals surface area contributed by atoms with Crippen LogP contribution in [0.25, 0.3) is 0 Å². The van der Waals surface area contributed by atoms with Gasteiger partial charge in [0, 0.05) is 12.8 Å². The topological polar surface area (TPSA) is 107 Å². The van der Waals surface area contributed by atoms with Crippen LogP contribution >= 0.6 is 0 Å². The lowest BCUT2D eigenvalue weighted by Crippen LogP contribution is -2.58. The molecule has 6 nitrogen and oxygen atoms in total. The minimum absolute atomic E-state index is 0.00270. The minimum atomic E-state index is -1.41. The molecule has 0 spiro atoms. The fraction of sp³-hybridized carbons (Fsp3) is 0.941. The minimum Gasteiger partial charge on any atom is -0.394 e. The standard InChI is InChI=1S/C17H32O6/c1-2-3-4-5-6-7-8-9-12(19)10-13-15(20)17(22)16(21)14(11-18)23-13/h13-18,20-22H,2-11H2,1H3/t13-,14-,15+,16-,17-/m1/s1. The van der Waals surface area contributed by atoms with Crippen molar-refractivity contribution in [3.8, 4) is 0 Å². The second-order valence-electron chi connectivity index (χ2n) is 6.48. The third-order valence-electron chi connectivity index (χ3n) is 4.48. The molecule has 5 atom stereocenters. The molecule has 1 rings (SSSR count). The number of carbonyl (C=O) groups is 1. The Hall–Kier alpha value is -0.530. The molecule has 136 valence electrons. The molecule has 0 aromatic heterocycles. The van der Waals surface area contributed by atoms with Crippen molar-refractivity contribution in [3.63, 3.8) is 0 Å². The second-order valence-corrected chi connectivity index (χ2v) is 6.48. The molecule has 1 fully saturated rings. The summed E-state index contributed by atoms with van der Waals surface area (Å²) in [5.41, 5.74) is 0. The zero-order chi connectivity index (χ0) is 17.2. The molecule has 1 heterocycles. The summed E-state index contributed by atoms with van der Waals surface area (Å²) in [6.45, 7) is 1.71. The zero-order valence-electron chi connectivity index (χ0n) is 14.1. The summed E-state index contributed by atoms with van der Waals surface area (Å²) >= 11 is 0. The predicted molar refractivity (Wildman–Crippen MR) is 86.0 cm³/mol. The van der Waals surface area contributed by atoms with Crippen LogP contribution in [0.2, 0.25) is 0 Å². The average molecular weight is 332 g/mol. The number of hydrogen-bond donors (Lipinski definition) is 4. The Labute approximate surface area is 138 Å². The van der Waals surface area contributed by atoms with Crippen LogP contribution in [0.1, 0.15) is 64.7 Å². The Morgan fingerprint density at radius 2 is 1.43 bits per heavy atom. The van der Waals surface area contributed by atoms with Crippen molar-refractivity contribution in [2.24, 2.45) is 0 Å². The quantitative estimate of drug-likeness (QED) is 0.419. The van der Waals surface area contributed by atoms with E-state index in [9.17, 15) is 20.1 Å². The first-order valence-electron chi connectivity index (χ1n) is 8.83. The molecule has 1 aliphatic rings. The maximum absolute atomic E-state index is 12.0. The van der Waals surface area contributed by atoms with Crippen molar-refractivity contribution >= 4 is 5.78 Å². The molecule has 0 saturated carbocycles. The van der Waals surface area contributed by atoms with Gasteiger partial charge < -0.3 is 25.2 Å². The van der Waals surface area contributed by atoms with Crippen molar-refractivity contribution in [3.05, 3.63) is 0 Å². The van der Waals surface area contributed by atoms with E-state index in [1.54, 1.807) is 0 Å². The van der Waals surface area contributed by atoms with Crippen LogP contribution in [0.3, 0.4) is 0 Å². The smallest absolute Gasteiger partial charge is 0.135 e. The molecule has 0 aliphatic carbocycles. The number of unbranched alkanes of at least 4 members (excludes halogenated alkanes) is 6. The molecular formula is C17H32O6. The lowest BCUT2D eigenvalue weighted by atomic mass is 9.92. The zero-order valence-corrected chi connectivity index (χ0v) is 14.1. The van der Waals surface area contributed by atoms with Gasteiger partial charge in [0.1, 0.15) is 30.2 Å². The van der Waals surface area contributed by atoms with Crippen LogP contribution in [0, 0.1) is 0 Å². The molecule has 1 saturated heterocycles. The molecular weight excluding hydrogens is 300 g/mol. The number of ether oxygens (including phenoxy) is 1. The highest BCUT2D eigenvalue weighted by atomic mass is 16.5. The van der Waals surface area contributed by atoms with E-state index in [1.807, 2.05) is 0 Å². The number of rotatable bonds is 11. The normalized spacial score (nSPS) is 31.3. The molecule has 0 bridgehead atoms. The first-order chi connectivity index (χ1) is 11.0. The maximum atomic E-state index is 12.0. The molecule has 0 amide bonds. The summed E-state index contributed by atoms with van der Waals surface area (Å²) in [5.74, 6) is -0.0251. The van der Waals surface area contributed by atoms with Gasteiger partial charge in [-0.2, -0.15) is 0 Å². The highest BCUT2D eigenvalue weighted by Crippen LogP contribution is 2.24. The maximum Gasteiger partial charge on any atom is 0.135 e. The Balaban J connectivity index is 2.25. The van der Waals surface area contributed by atoms with Gasteiger partial charge in [-0.1, -0.05) is 45.4 Å². The molecule has 4 N–H and O–H groups in total. The van der Waals surface area contributed by atoms with E-state index in [0.29, 0.717) is 6.42 Å². The molecule has 6 heteroatoms. The lowest BCUT2D eigenvalue weighted by molar-refractivity contribution is -0.229. The van der Waals surface area contributed by atoms with E-state index in [1.165, 1.54) is 25.7 Å². The van der Waals surface area contributed by atoms with Crippen molar-refractivity contribution < 1.29 is 30.0 Å². The second kappa shape index (κ2) is 11.1. The summed E-state index contributed by atoms with van der Waals surface area (Å²) < 4.78 is 5.34. The van der Waals surface area contributed by atoms with E-state index in [4.69, 9.17) is 9.84 Å². The number of carbonyl (C=O) groups excluding carboxylic acids is 1. The van der Waals surface area contributed by atoms with Gasteiger partial charge >= 0.3 is 0 Å². The van der Waals surface area contributed by atoms with Gasteiger partial charge in [0.25, 0.3) is 0 Å². The van der Waals surface area contributed by atoms with Gasteiger partial charge in [0.05, 0.1) is 12.7 Å². The Bertz CT molecular complexity index is 333. The van der Waals surface area contributed by atoms with Crippen LogP contribution < -0.4 is 0 Å². The summed E-state index contributed by atoms with van der Waals surface area (Å²) in [6, 6.07) is 0. The Morgan fingerprint density at radius 1 is 0.870 bits per heavy atom. The number of hydrogen-bond acceptors (Lipinski definition) is 6. The summed E-state index contributed by atoms with van der Waals surface area (Å²) in [4.78, 5) is 12.0. The predicted octanol–water partition coefficient (Wildman–Crippen LogP) is 0.929. The van der Waals surface area contributed by atoms with Crippen molar-refractivity contribution in [2.75, 3.05) is 6.61 Å². The van der Waals surface area contributed by atoms with Gasteiger partial charge in [-0.05, 0) is 6.42 Å². The summed E-state index contributed by atoms with van der Waals surface area (Å²) in [6.07, 6.45) is 2.43. The fourth-order valence-electron chi connectivity index (χ4n) is 2.95. The molecule has 23 heavy (non-hydrogen) atoms. The largest absolute Gasteiger partial charge is 0.394 e. The number of aliphatic hydroxyl groups excluding tert-OH is 4. The van der Waals surface area contributed by atoms with Crippen LogP contribution in [-0.4, -0.2) is 63.3 Å². The van der Waals surface area contributed by atoms with Gasteiger partial charge in [0.2, 0.25) is 0 Å². The van der Waals surface area contributed by atoms with Gasteiger partial charge in [-0.15, -0.1) is 0 Å². The van der Waals surface area contributed by atoms with Crippen LogP contribution in [0.15, 0.2) is 0 Å². The molecule has 1 aliphatic heterocycles. The third kappa shape index (κ3) is 6.85. The van der Waals surface area contributed by atoms with E-state index < -0.39 is 37.1 Å². The highest BCUT2D eigenvalue weighted by molar-refractivity contribution is 5.78. The van der Waals surface area contributed by atoms with E-state index in [2.05, 4.69) is 6.92 Å². The van der Waals surface area contributed by atoms with Gasteiger partial charge in [0.15, 0.2) is 0 Å². The lowest BCUT2D eigenvalue weighted by Gasteiger charge is -2.39. The molecule has 0 aromatic rings. The van der Waals surface area contributed by atoms with Gasteiger partial charge in [-0.3, -0.25) is 4.79 Å². The Kier molecular flexibility index (Phi) is 9.90. The SMILES string of the molecule is CCCCCCCCCC(=O)C[C@H]1O[C@H](CO)[C@@H](O)[C@H](O)[C@H]1O.